The first-order valence-electron chi connectivity index (χ1n) is 22.9. The molecule has 11 rings (SSSR count). The Kier molecular flexibility index (Phi) is 13.4. The third-order valence-corrected chi connectivity index (χ3v) is 12.4. The van der Waals surface area contributed by atoms with E-state index in [9.17, 15) is 0 Å². The molecule has 1 atom stereocenters. The molecule has 2 nitrogen and oxygen atoms in total. The summed E-state index contributed by atoms with van der Waals surface area (Å²) in [5.74, 6) is 0. The van der Waals surface area contributed by atoms with E-state index < -0.39 is 5.41 Å². The number of anilines is 3. The average molecular weight is 843 g/mol. The van der Waals surface area contributed by atoms with Crippen molar-refractivity contribution in [3.05, 3.63) is 270 Å². The molecule has 0 fully saturated rings. The molecule has 0 radical (unpaired) electrons. The maximum atomic E-state index is 5.36. The van der Waals surface area contributed by atoms with Gasteiger partial charge in [-0.05, 0) is 135 Å². The molecule has 1 spiro atoms. The third kappa shape index (κ3) is 8.09. The van der Waals surface area contributed by atoms with E-state index in [1.165, 1.54) is 94.3 Å². The minimum atomic E-state index is -0.542. The van der Waals surface area contributed by atoms with Crippen molar-refractivity contribution in [2.24, 2.45) is 0 Å². The van der Waals surface area contributed by atoms with Gasteiger partial charge >= 0.3 is 0 Å². The highest BCUT2D eigenvalue weighted by atomic mass is 15.2. The summed E-state index contributed by atoms with van der Waals surface area (Å²) in [5.41, 5.74) is 22.4. The predicted octanol–water partition coefficient (Wildman–Crippen LogP) is 17.1. The summed E-state index contributed by atoms with van der Waals surface area (Å²) in [6, 6.07) is 74.7. The van der Waals surface area contributed by atoms with Crippen molar-refractivity contribution in [1.29, 1.82) is 0 Å². The van der Waals surface area contributed by atoms with Crippen LogP contribution < -0.4 is 10.6 Å². The van der Waals surface area contributed by atoms with Crippen molar-refractivity contribution < 1.29 is 0 Å². The molecule has 9 aromatic rings. The monoisotopic (exact) mass is 842 g/mol. The van der Waals surface area contributed by atoms with Gasteiger partial charge < -0.3 is 10.6 Å². The van der Waals surface area contributed by atoms with Crippen molar-refractivity contribution in [3.63, 3.8) is 0 Å². The minimum absolute atomic E-state index is 0.542. The summed E-state index contributed by atoms with van der Waals surface area (Å²) in [7, 11) is 0. The number of rotatable bonds is 5. The van der Waals surface area contributed by atoms with Gasteiger partial charge in [0.15, 0.2) is 0 Å². The number of benzene rings is 9. The number of nitrogen functional groups attached to an aromatic ring is 1. The second kappa shape index (κ2) is 19.8. The lowest BCUT2D eigenvalue weighted by Gasteiger charge is -2.45. The summed E-state index contributed by atoms with van der Waals surface area (Å²) >= 11 is 0. The molecule has 0 saturated carbocycles. The molecule has 2 heteroatoms. The van der Waals surface area contributed by atoms with Gasteiger partial charge in [0.25, 0.3) is 0 Å². The van der Waals surface area contributed by atoms with Crippen LogP contribution in [0.3, 0.4) is 0 Å². The van der Waals surface area contributed by atoms with E-state index in [-0.39, 0.29) is 0 Å². The molecule has 0 bridgehead atoms. The van der Waals surface area contributed by atoms with Crippen molar-refractivity contribution in [2.45, 2.75) is 46.5 Å². The molecule has 2 aliphatic rings. The second-order valence-corrected chi connectivity index (χ2v) is 16.2. The predicted molar refractivity (Wildman–Crippen MR) is 282 cm³/mol. The highest BCUT2D eigenvalue weighted by Gasteiger charge is 2.53. The number of nitrogens with two attached hydrogens (primary N) is 1. The van der Waals surface area contributed by atoms with E-state index in [1.807, 2.05) is 51.1 Å². The van der Waals surface area contributed by atoms with Crippen LogP contribution in [0.25, 0.3) is 43.8 Å². The van der Waals surface area contributed by atoms with Crippen molar-refractivity contribution in [2.75, 3.05) is 10.6 Å². The van der Waals surface area contributed by atoms with Gasteiger partial charge in [0.05, 0.1) is 11.1 Å². The molecule has 0 saturated heterocycles. The van der Waals surface area contributed by atoms with Gasteiger partial charge in [0.1, 0.15) is 0 Å². The second-order valence-electron chi connectivity index (χ2n) is 16.2. The van der Waals surface area contributed by atoms with Crippen LogP contribution in [0, 0.1) is 0 Å². The number of para-hydroxylation sites is 3. The highest BCUT2D eigenvalue weighted by molar-refractivity contribution is 6.19. The minimum Gasteiger partial charge on any atom is -0.399 e. The number of allylic oxidation sites excluding steroid dienone is 5. The van der Waals surface area contributed by atoms with E-state index >= 15 is 0 Å². The highest BCUT2D eigenvalue weighted by Crippen LogP contribution is 2.64. The molecular weight excluding hydrogens is 785 g/mol. The molecular formula is C63H58N2. The van der Waals surface area contributed by atoms with Crippen LogP contribution in [-0.2, 0) is 11.8 Å². The zero-order valence-electron chi connectivity index (χ0n) is 38.3. The molecule has 9 aromatic carbocycles. The van der Waals surface area contributed by atoms with Crippen LogP contribution in [-0.4, -0.2) is 0 Å². The van der Waals surface area contributed by atoms with Gasteiger partial charge in [-0.3, -0.25) is 0 Å². The van der Waals surface area contributed by atoms with E-state index in [0.717, 1.165) is 12.1 Å². The SMILES string of the molecule is C/C=C\C1=C(C)N(c2ccccc2)c2ccccc2C12c1cc(Cc3ccc(-c4ccccc4)cc3)ccc1-c1c2c2ccccc2c2ccccc12.C=CC.CC.Nc1ccccc1. The van der Waals surface area contributed by atoms with Crippen LogP contribution in [0.5, 0.6) is 0 Å². The molecule has 2 N–H and O–H groups in total. The van der Waals surface area contributed by atoms with Crippen LogP contribution in [0.1, 0.15) is 62.4 Å². The van der Waals surface area contributed by atoms with E-state index in [1.54, 1.807) is 6.08 Å². The van der Waals surface area contributed by atoms with E-state index in [2.05, 4.69) is 213 Å². The number of fused-ring (bicyclic) bond motifs is 12. The Labute approximate surface area is 386 Å². The Balaban J connectivity index is 0.000000427. The summed E-state index contributed by atoms with van der Waals surface area (Å²) < 4.78 is 0. The molecule has 1 unspecified atom stereocenters. The summed E-state index contributed by atoms with van der Waals surface area (Å²) in [4.78, 5) is 2.47. The van der Waals surface area contributed by atoms with Crippen LogP contribution in [0.2, 0.25) is 0 Å². The van der Waals surface area contributed by atoms with E-state index in [0.29, 0.717) is 0 Å². The van der Waals surface area contributed by atoms with Crippen molar-refractivity contribution in [1.82, 2.24) is 0 Å². The van der Waals surface area contributed by atoms with Gasteiger partial charge in [-0.2, -0.15) is 0 Å². The van der Waals surface area contributed by atoms with Gasteiger partial charge in [-0.15, -0.1) is 6.58 Å². The van der Waals surface area contributed by atoms with Crippen LogP contribution in [0.4, 0.5) is 17.1 Å². The molecule has 1 aliphatic heterocycles. The molecule has 0 aromatic heterocycles. The summed E-state index contributed by atoms with van der Waals surface area (Å²) in [5, 5.41) is 5.22. The first kappa shape index (κ1) is 43.9. The Hall–Kier alpha value is -7.68. The number of nitrogens with zero attached hydrogens (tertiary/aromatic N) is 1. The number of hydrogen-bond donors (Lipinski definition) is 1. The maximum Gasteiger partial charge on any atom is 0.0757 e. The Morgan fingerprint density at radius 1 is 0.538 bits per heavy atom. The topological polar surface area (TPSA) is 29.3 Å². The molecule has 1 heterocycles. The van der Waals surface area contributed by atoms with E-state index in [4.69, 9.17) is 5.73 Å². The fourth-order valence-corrected chi connectivity index (χ4v) is 9.89. The summed E-state index contributed by atoms with van der Waals surface area (Å²) in [6.45, 7) is 13.7. The third-order valence-electron chi connectivity index (χ3n) is 12.4. The fraction of sp³-hybridized carbons (Fsp3) is 0.111. The standard InChI is InChI=1S/C52H39N.C6H7N.C3H6.C2H6/c1-3-16-46-35(2)53(40-19-8-5-9-20-40)49-26-15-14-25-47(49)52(46)48-34-37(33-36-27-30-39(31-28-36)38-17-6-4-7-18-38)29-32-45(48)50-43-23-12-10-21-41(43)42-22-11-13-24-44(42)51(50)52;7-6-4-2-1-3-5-6;1-3-2;1-2/h3-32,34H,33H2,1-2H3;1-5H,7H2;3H,1H2,2H3;1-2H3/b16-3-;;;. The lowest BCUT2D eigenvalue weighted by Crippen LogP contribution is -2.38. The quantitative estimate of drug-likeness (QED) is 0.106. The molecule has 0 amide bonds. The Morgan fingerprint density at radius 2 is 1.05 bits per heavy atom. The lowest BCUT2D eigenvalue weighted by molar-refractivity contribution is 0.736. The number of hydrogen-bond acceptors (Lipinski definition) is 2. The molecule has 320 valence electrons. The van der Waals surface area contributed by atoms with Crippen molar-refractivity contribution in [3.8, 4) is 22.3 Å². The average Bonchev–Trinajstić information content (AvgIpc) is 3.66. The molecule has 65 heavy (non-hydrogen) atoms. The molecule has 1 aliphatic carbocycles. The largest absolute Gasteiger partial charge is 0.399 e. The maximum absolute atomic E-state index is 5.36. The smallest absolute Gasteiger partial charge is 0.0757 e. The van der Waals surface area contributed by atoms with Crippen LogP contribution >= 0.6 is 0 Å². The van der Waals surface area contributed by atoms with Crippen LogP contribution in [0.15, 0.2) is 242 Å². The van der Waals surface area contributed by atoms with Gasteiger partial charge in [0.2, 0.25) is 0 Å². The Morgan fingerprint density at radius 3 is 1.66 bits per heavy atom. The fourth-order valence-electron chi connectivity index (χ4n) is 9.89. The summed E-state index contributed by atoms with van der Waals surface area (Å²) in [6.07, 6.45) is 7.23. The lowest BCUT2D eigenvalue weighted by atomic mass is 9.63. The first-order valence-corrected chi connectivity index (χ1v) is 22.9. The van der Waals surface area contributed by atoms with Gasteiger partial charge in [-0.25, -0.2) is 0 Å². The first-order chi connectivity index (χ1) is 32.0. The zero-order valence-corrected chi connectivity index (χ0v) is 38.3. The Bertz CT molecular complexity index is 3120. The normalized spacial score (nSPS) is 14.3. The van der Waals surface area contributed by atoms with Gasteiger partial charge in [0, 0.05) is 17.1 Å². The van der Waals surface area contributed by atoms with Gasteiger partial charge in [-0.1, -0.05) is 208 Å². The van der Waals surface area contributed by atoms with Crippen molar-refractivity contribution >= 4 is 38.6 Å². The zero-order chi connectivity index (χ0) is 45.3.